The van der Waals surface area contributed by atoms with Crippen LogP contribution < -0.4 is 0 Å². The fourth-order valence-corrected chi connectivity index (χ4v) is 2.11. The summed E-state index contributed by atoms with van der Waals surface area (Å²) in [6, 6.07) is 0. The van der Waals surface area contributed by atoms with Gasteiger partial charge in [0.25, 0.3) is 0 Å². The van der Waals surface area contributed by atoms with Gasteiger partial charge in [-0.15, -0.1) is 0 Å². The van der Waals surface area contributed by atoms with Gasteiger partial charge in [-0.1, -0.05) is 35.9 Å². The Morgan fingerprint density at radius 3 is 2.50 bits per heavy atom. The van der Waals surface area contributed by atoms with Gasteiger partial charge in [0.15, 0.2) is 0 Å². The lowest BCUT2D eigenvalue weighted by Crippen LogP contribution is -1.82. The minimum Gasteiger partial charge on any atom is -0.0761 e. The SMILES string of the molecule is CCC1=CCC(Br)=C1CC. The summed E-state index contributed by atoms with van der Waals surface area (Å²) in [6.07, 6.45) is 5.79. The molecule has 1 aliphatic carbocycles. The first-order valence-electron chi connectivity index (χ1n) is 3.86. The molecule has 0 radical (unpaired) electrons. The van der Waals surface area contributed by atoms with Crippen LogP contribution in [0.2, 0.25) is 0 Å². The van der Waals surface area contributed by atoms with Crippen LogP contribution in [0.3, 0.4) is 0 Å². The Bertz CT molecular complexity index is 187. The van der Waals surface area contributed by atoms with Crippen molar-refractivity contribution in [3.05, 3.63) is 21.7 Å². The van der Waals surface area contributed by atoms with Gasteiger partial charge in [-0.3, -0.25) is 0 Å². The van der Waals surface area contributed by atoms with Gasteiger partial charge >= 0.3 is 0 Å². The van der Waals surface area contributed by atoms with E-state index in [9.17, 15) is 0 Å². The van der Waals surface area contributed by atoms with Gasteiger partial charge in [0, 0.05) is 4.48 Å². The molecule has 0 aromatic carbocycles. The Kier molecular flexibility index (Phi) is 2.72. The molecule has 0 heterocycles. The van der Waals surface area contributed by atoms with Crippen LogP contribution in [0.1, 0.15) is 33.1 Å². The topological polar surface area (TPSA) is 0 Å². The molecule has 0 spiro atoms. The number of rotatable bonds is 2. The highest BCUT2D eigenvalue weighted by Gasteiger charge is 2.11. The van der Waals surface area contributed by atoms with Crippen molar-refractivity contribution in [1.82, 2.24) is 0 Å². The second kappa shape index (κ2) is 3.38. The van der Waals surface area contributed by atoms with Gasteiger partial charge in [0.05, 0.1) is 0 Å². The summed E-state index contributed by atoms with van der Waals surface area (Å²) < 4.78 is 1.40. The minimum absolute atomic E-state index is 1.12. The van der Waals surface area contributed by atoms with Crippen molar-refractivity contribution in [2.75, 3.05) is 0 Å². The molecule has 0 bridgehead atoms. The zero-order chi connectivity index (χ0) is 7.56. The number of allylic oxidation sites excluding steroid dienone is 4. The monoisotopic (exact) mass is 200 g/mol. The van der Waals surface area contributed by atoms with Gasteiger partial charge < -0.3 is 0 Å². The molecule has 0 unspecified atom stereocenters. The minimum atomic E-state index is 1.12. The second-order valence-corrected chi connectivity index (χ2v) is 3.48. The lowest BCUT2D eigenvalue weighted by molar-refractivity contribution is 1.04. The van der Waals surface area contributed by atoms with Gasteiger partial charge in [0.2, 0.25) is 0 Å². The zero-order valence-electron chi connectivity index (χ0n) is 6.58. The van der Waals surface area contributed by atoms with Crippen LogP contribution in [0.4, 0.5) is 0 Å². The summed E-state index contributed by atoms with van der Waals surface area (Å²) in [4.78, 5) is 0. The van der Waals surface area contributed by atoms with Gasteiger partial charge in [-0.05, 0) is 30.4 Å². The Hall–Kier alpha value is -0.0400. The molecule has 0 aromatic heterocycles. The third-order valence-electron chi connectivity index (χ3n) is 1.98. The van der Waals surface area contributed by atoms with Crippen LogP contribution >= 0.6 is 15.9 Å². The summed E-state index contributed by atoms with van der Waals surface area (Å²) >= 11 is 3.57. The molecule has 0 aliphatic heterocycles. The number of hydrogen-bond acceptors (Lipinski definition) is 0. The third kappa shape index (κ3) is 1.34. The van der Waals surface area contributed by atoms with Crippen molar-refractivity contribution >= 4 is 15.9 Å². The maximum absolute atomic E-state index is 3.57. The number of hydrogen-bond donors (Lipinski definition) is 0. The third-order valence-corrected chi connectivity index (χ3v) is 2.78. The highest BCUT2D eigenvalue weighted by molar-refractivity contribution is 9.11. The Morgan fingerprint density at radius 1 is 1.40 bits per heavy atom. The maximum Gasteiger partial charge on any atom is 0.00230 e. The summed E-state index contributed by atoms with van der Waals surface area (Å²) in [7, 11) is 0. The standard InChI is InChI=1S/C9H13Br/c1-3-7-5-6-9(10)8(7)4-2/h5H,3-4,6H2,1-2H3. The van der Waals surface area contributed by atoms with Crippen LogP contribution in [0, 0.1) is 0 Å². The summed E-state index contributed by atoms with van der Waals surface area (Å²) in [5.74, 6) is 0. The van der Waals surface area contributed by atoms with Crippen LogP contribution in [-0.4, -0.2) is 0 Å². The van der Waals surface area contributed by atoms with E-state index in [1.54, 1.807) is 0 Å². The molecule has 0 saturated heterocycles. The maximum atomic E-state index is 3.57. The highest BCUT2D eigenvalue weighted by atomic mass is 79.9. The molecule has 1 rings (SSSR count). The molecule has 0 saturated carbocycles. The average Bonchev–Trinajstić information content (AvgIpc) is 2.30. The van der Waals surface area contributed by atoms with E-state index in [1.807, 2.05) is 0 Å². The molecule has 1 heteroatoms. The van der Waals surface area contributed by atoms with E-state index in [0.717, 1.165) is 6.42 Å². The fraction of sp³-hybridized carbons (Fsp3) is 0.556. The van der Waals surface area contributed by atoms with Gasteiger partial charge in [0.1, 0.15) is 0 Å². The fourth-order valence-electron chi connectivity index (χ4n) is 1.41. The van der Waals surface area contributed by atoms with Crippen molar-refractivity contribution in [2.24, 2.45) is 0 Å². The first-order chi connectivity index (χ1) is 4.79. The molecule has 0 fully saturated rings. The predicted molar refractivity (Wildman–Crippen MR) is 49.2 cm³/mol. The van der Waals surface area contributed by atoms with E-state index in [0.29, 0.717) is 0 Å². The normalized spacial score (nSPS) is 18.1. The van der Waals surface area contributed by atoms with Gasteiger partial charge in [-0.2, -0.15) is 0 Å². The van der Waals surface area contributed by atoms with E-state index in [4.69, 9.17) is 0 Å². The van der Waals surface area contributed by atoms with E-state index in [-0.39, 0.29) is 0 Å². The van der Waals surface area contributed by atoms with Crippen molar-refractivity contribution in [3.63, 3.8) is 0 Å². The van der Waals surface area contributed by atoms with E-state index in [1.165, 1.54) is 28.5 Å². The van der Waals surface area contributed by atoms with Crippen LogP contribution in [0.15, 0.2) is 21.7 Å². The lowest BCUT2D eigenvalue weighted by Gasteiger charge is -2.02. The van der Waals surface area contributed by atoms with Crippen LogP contribution in [0.25, 0.3) is 0 Å². The van der Waals surface area contributed by atoms with Crippen molar-refractivity contribution in [3.8, 4) is 0 Å². The van der Waals surface area contributed by atoms with Crippen LogP contribution in [-0.2, 0) is 0 Å². The predicted octanol–water partition coefficient (Wildman–Crippen LogP) is 3.79. The Morgan fingerprint density at radius 2 is 2.10 bits per heavy atom. The largest absolute Gasteiger partial charge is 0.0761 e. The second-order valence-electron chi connectivity index (χ2n) is 2.52. The quantitative estimate of drug-likeness (QED) is 0.637. The first kappa shape index (κ1) is 8.06. The van der Waals surface area contributed by atoms with E-state index in [2.05, 4.69) is 35.9 Å². The highest BCUT2D eigenvalue weighted by Crippen LogP contribution is 2.33. The molecule has 0 amide bonds. The molecule has 0 aromatic rings. The average molecular weight is 201 g/mol. The summed E-state index contributed by atoms with van der Waals surface area (Å²) in [5, 5.41) is 0. The molecule has 1 aliphatic rings. The molecule has 10 heavy (non-hydrogen) atoms. The number of halogens is 1. The van der Waals surface area contributed by atoms with Crippen molar-refractivity contribution < 1.29 is 0 Å². The van der Waals surface area contributed by atoms with Crippen LogP contribution in [0.5, 0.6) is 0 Å². The van der Waals surface area contributed by atoms with E-state index >= 15 is 0 Å². The molecule has 0 atom stereocenters. The van der Waals surface area contributed by atoms with E-state index < -0.39 is 0 Å². The molecular weight excluding hydrogens is 188 g/mol. The first-order valence-corrected chi connectivity index (χ1v) is 4.65. The van der Waals surface area contributed by atoms with Crippen molar-refractivity contribution in [2.45, 2.75) is 33.1 Å². The zero-order valence-corrected chi connectivity index (χ0v) is 8.16. The van der Waals surface area contributed by atoms with Crippen molar-refractivity contribution in [1.29, 1.82) is 0 Å². The summed E-state index contributed by atoms with van der Waals surface area (Å²) in [5.41, 5.74) is 3.07. The Labute approximate surface area is 71.1 Å². The Balaban J connectivity index is 2.79. The molecular formula is C9H13Br. The smallest absolute Gasteiger partial charge is 0.00230 e. The summed E-state index contributed by atoms with van der Waals surface area (Å²) in [6.45, 7) is 4.43. The molecule has 56 valence electrons. The molecule has 0 N–H and O–H groups in total. The lowest BCUT2D eigenvalue weighted by atomic mass is 10.1. The molecule has 0 nitrogen and oxygen atoms in total. The van der Waals surface area contributed by atoms with Gasteiger partial charge in [-0.25, -0.2) is 0 Å².